The number of aromatic nitrogens is 2. The molecular weight excluding hydrogens is 466 g/mol. The molecule has 0 unspecified atom stereocenters. The van der Waals surface area contributed by atoms with Crippen LogP contribution in [-0.2, 0) is 22.6 Å². The summed E-state index contributed by atoms with van der Waals surface area (Å²) < 4.78 is 18.4. The third kappa shape index (κ3) is 5.86. The zero-order valence-electron chi connectivity index (χ0n) is 20.1. The quantitative estimate of drug-likeness (QED) is 0.187. The molecule has 0 aliphatic carbocycles. The normalized spacial score (nSPS) is 11.4. The van der Waals surface area contributed by atoms with Crippen LogP contribution in [0.4, 0.5) is 0 Å². The highest BCUT2D eigenvalue weighted by Crippen LogP contribution is 2.27. The molecule has 8 nitrogen and oxygen atoms in total. The van der Waals surface area contributed by atoms with E-state index in [2.05, 4.69) is 5.32 Å². The summed E-state index contributed by atoms with van der Waals surface area (Å²) in [5.41, 5.74) is 1.98. The van der Waals surface area contributed by atoms with Gasteiger partial charge in [-0.15, -0.1) is 0 Å². The lowest BCUT2D eigenvalue weighted by Crippen LogP contribution is -2.27. The lowest BCUT2D eigenvalue weighted by molar-refractivity contribution is -0.118. The van der Waals surface area contributed by atoms with E-state index in [1.807, 2.05) is 62.4 Å². The second kappa shape index (κ2) is 11.4. The molecule has 1 amide bonds. The Hall–Kier alpha value is -3.30. The number of carbonyl (C=O) groups excluding carboxylic acids is 1. The van der Waals surface area contributed by atoms with Crippen LogP contribution in [0.2, 0.25) is 0 Å². The molecule has 0 aliphatic heterocycles. The smallest absolute Gasteiger partial charge is 0.297 e. The van der Waals surface area contributed by atoms with Crippen molar-refractivity contribution in [3.05, 3.63) is 64.4 Å². The molecule has 1 N–H and O–H groups in total. The Morgan fingerprint density at radius 1 is 1.17 bits per heavy atom. The summed E-state index contributed by atoms with van der Waals surface area (Å²) in [5, 5.41) is 4.16. The summed E-state index contributed by atoms with van der Waals surface area (Å²) >= 11 is 1.23. The van der Waals surface area contributed by atoms with Gasteiger partial charge in [-0.2, -0.15) is 0 Å². The number of methoxy groups -OCH3 is 1. The molecule has 184 valence electrons. The summed E-state index contributed by atoms with van der Waals surface area (Å²) in [7, 11) is 1.60. The zero-order chi connectivity index (χ0) is 24.8. The van der Waals surface area contributed by atoms with Gasteiger partial charge >= 0.3 is 0 Å². The van der Waals surface area contributed by atoms with E-state index in [-0.39, 0.29) is 28.9 Å². The molecule has 0 spiro atoms. The average molecular weight is 496 g/mol. The van der Waals surface area contributed by atoms with Crippen molar-refractivity contribution in [3.63, 3.8) is 0 Å². The lowest BCUT2D eigenvalue weighted by Gasteiger charge is -2.13. The predicted octanol–water partition coefficient (Wildman–Crippen LogP) is 4.37. The first-order valence-electron chi connectivity index (χ1n) is 11.5. The lowest BCUT2D eigenvalue weighted by atomic mass is 10.2. The van der Waals surface area contributed by atoms with Crippen molar-refractivity contribution >= 4 is 39.7 Å². The number of fused-ring (bicyclic) bond motifs is 3. The minimum absolute atomic E-state index is 0.114. The minimum atomic E-state index is -0.257. The molecule has 2 aromatic heterocycles. The van der Waals surface area contributed by atoms with E-state index in [0.717, 1.165) is 16.7 Å². The molecule has 35 heavy (non-hydrogen) atoms. The number of benzene rings is 2. The van der Waals surface area contributed by atoms with Gasteiger partial charge < -0.3 is 19.2 Å². The number of nitrogens with zero attached hydrogens (tertiary/aromatic N) is 2. The van der Waals surface area contributed by atoms with Crippen molar-refractivity contribution in [1.29, 1.82) is 0 Å². The van der Waals surface area contributed by atoms with Crippen molar-refractivity contribution < 1.29 is 18.7 Å². The molecule has 0 fully saturated rings. The number of thioether (sulfide) groups is 1. The summed E-state index contributed by atoms with van der Waals surface area (Å²) in [6.45, 7) is 5.22. The molecule has 0 bridgehead atoms. The molecule has 0 saturated heterocycles. The van der Waals surface area contributed by atoms with Gasteiger partial charge in [0.1, 0.15) is 16.8 Å². The van der Waals surface area contributed by atoms with Gasteiger partial charge in [-0.1, -0.05) is 42.1 Å². The van der Waals surface area contributed by atoms with E-state index in [0.29, 0.717) is 42.4 Å². The van der Waals surface area contributed by atoms with E-state index in [4.69, 9.17) is 18.9 Å². The average Bonchev–Trinajstić information content (AvgIpc) is 3.24. The van der Waals surface area contributed by atoms with Crippen LogP contribution < -0.4 is 15.6 Å². The molecule has 4 aromatic rings. The maximum Gasteiger partial charge on any atom is 0.297 e. The molecular formula is C26H29N3O5S. The molecule has 2 heterocycles. The second-order valence-electron chi connectivity index (χ2n) is 8.28. The molecule has 0 atom stereocenters. The predicted molar refractivity (Wildman–Crippen MR) is 137 cm³/mol. The Balaban J connectivity index is 1.54. The highest BCUT2D eigenvalue weighted by molar-refractivity contribution is 7.99. The monoisotopic (exact) mass is 495 g/mol. The maximum absolute atomic E-state index is 13.3. The molecule has 4 rings (SSSR count). The van der Waals surface area contributed by atoms with Crippen LogP contribution in [0.25, 0.3) is 22.1 Å². The first-order valence-corrected chi connectivity index (χ1v) is 12.5. The largest absolute Gasteiger partial charge is 0.496 e. The molecule has 0 saturated carbocycles. The van der Waals surface area contributed by atoms with Crippen molar-refractivity contribution in [1.82, 2.24) is 14.9 Å². The molecule has 2 aromatic carbocycles. The molecule has 0 radical (unpaired) electrons. The Morgan fingerprint density at radius 2 is 1.94 bits per heavy atom. The highest BCUT2D eigenvalue weighted by Gasteiger charge is 2.18. The number of rotatable bonds is 11. The Bertz CT molecular complexity index is 1380. The Kier molecular flexibility index (Phi) is 8.09. The van der Waals surface area contributed by atoms with Crippen LogP contribution in [0.3, 0.4) is 0 Å². The standard InChI is InChI=1S/C26H29N3O5S/c1-17(2)33-14-8-13-29-25(31)24-23(19-10-5-7-12-21(19)34-24)28-26(29)35-16-22(30)27-15-18-9-4-6-11-20(18)32-3/h4-7,9-12,17H,8,13-16H2,1-3H3,(H,27,30). The number of ether oxygens (including phenoxy) is 2. The second-order valence-corrected chi connectivity index (χ2v) is 9.22. The first kappa shape index (κ1) is 24.8. The van der Waals surface area contributed by atoms with E-state index in [1.165, 1.54) is 11.8 Å². The Labute approximate surface area is 207 Å². The van der Waals surface area contributed by atoms with Crippen molar-refractivity contribution in [2.45, 2.75) is 44.6 Å². The SMILES string of the molecule is COc1ccccc1CNC(=O)CSc1nc2c(oc3ccccc32)c(=O)n1CCCOC(C)C. The van der Waals surface area contributed by atoms with Gasteiger partial charge in [0, 0.05) is 30.6 Å². The summed E-state index contributed by atoms with van der Waals surface area (Å²) in [6.07, 6.45) is 0.752. The maximum atomic E-state index is 13.3. The van der Waals surface area contributed by atoms with Gasteiger partial charge in [-0.05, 0) is 38.5 Å². The van der Waals surface area contributed by atoms with Gasteiger partial charge in [0.2, 0.25) is 11.5 Å². The number of hydrogen-bond acceptors (Lipinski definition) is 7. The number of nitrogens with one attached hydrogen (secondary N) is 1. The number of para-hydroxylation sites is 2. The number of amides is 1. The van der Waals surface area contributed by atoms with Crippen molar-refractivity contribution in [3.8, 4) is 5.75 Å². The molecule has 9 heteroatoms. The van der Waals surface area contributed by atoms with Gasteiger partial charge in [-0.25, -0.2) is 4.98 Å². The fourth-order valence-electron chi connectivity index (χ4n) is 3.73. The van der Waals surface area contributed by atoms with Crippen molar-refractivity contribution in [2.24, 2.45) is 0 Å². The van der Waals surface area contributed by atoms with E-state index in [9.17, 15) is 9.59 Å². The zero-order valence-corrected chi connectivity index (χ0v) is 20.9. The third-order valence-electron chi connectivity index (χ3n) is 5.43. The van der Waals surface area contributed by atoms with Gasteiger partial charge in [0.05, 0.1) is 19.0 Å². The number of furan rings is 1. The fraction of sp³-hybridized carbons (Fsp3) is 0.346. The van der Waals surface area contributed by atoms with Gasteiger partial charge in [0.15, 0.2) is 5.16 Å². The molecule has 0 aliphatic rings. The fourth-order valence-corrected chi connectivity index (χ4v) is 4.57. The minimum Gasteiger partial charge on any atom is -0.496 e. The van der Waals surface area contributed by atoms with E-state index in [1.54, 1.807) is 11.7 Å². The number of carbonyl (C=O) groups is 1. The van der Waals surface area contributed by atoms with E-state index < -0.39 is 0 Å². The van der Waals surface area contributed by atoms with Gasteiger partial charge in [-0.3, -0.25) is 14.2 Å². The summed E-state index contributed by atoms with van der Waals surface area (Å²) in [5.74, 6) is 0.671. The van der Waals surface area contributed by atoms with E-state index >= 15 is 0 Å². The summed E-state index contributed by atoms with van der Waals surface area (Å²) in [6, 6.07) is 15.0. The van der Waals surface area contributed by atoms with Gasteiger partial charge in [0.25, 0.3) is 5.56 Å². The summed E-state index contributed by atoms with van der Waals surface area (Å²) in [4.78, 5) is 30.7. The van der Waals surface area contributed by atoms with Crippen LogP contribution in [0.1, 0.15) is 25.8 Å². The van der Waals surface area contributed by atoms with Crippen molar-refractivity contribution in [2.75, 3.05) is 19.5 Å². The topological polar surface area (TPSA) is 95.6 Å². The van der Waals surface area contributed by atoms with Crippen LogP contribution in [0.15, 0.2) is 62.9 Å². The Morgan fingerprint density at radius 3 is 2.74 bits per heavy atom. The van der Waals surface area contributed by atoms with Crippen LogP contribution in [0.5, 0.6) is 5.75 Å². The van der Waals surface area contributed by atoms with Crippen LogP contribution >= 0.6 is 11.8 Å². The van der Waals surface area contributed by atoms with Crippen LogP contribution in [0, 0.1) is 0 Å². The third-order valence-corrected chi connectivity index (χ3v) is 6.40. The number of hydrogen-bond donors (Lipinski definition) is 1. The first-order chi connectivity index (χ1) is 17.0. The highest BCUT2D eigenvalue weighted by atomic mass is 32.2. The van der Waals surface area contributed by atoms with Crippen LogP contribution in [-0.4, -0.2) is 41.0 Å².